The summed E-state index contributed by atoms with van der Waals surface area (Å²) in [6, 6.07) is 7.46. The molecule has 1 fully saturated rings. The number of alkyl halides is 1. The normalized spacial score (nSPS) is 16.9. The predicted octanol–water partition coefficient (Wildman–Crippen LogP) is 3.28. The fraction of sp³-hybridized carbons (Fsp3) is 0.588. The summed E-state index contributed by atoms with van der Waals surface area (Å²) < 4.78 is 0. The standard InChI is InChI=1S/C17H25ClN2O/c1-14-7-11-20(12-8-14)10-2-9-19-17(21)16-5-3-15(13-18)4-6-16/h3-6,14H,2,7-13H2,1H3,(H,19,21). The Hall–Kier alpha value is -1.06. The number of amides is 1. The van der Waals surface area contributed by atoms with Gasteiger partial charge in [0.05, 0.1) is 0 Å². The van der Waals surface area contributed by atoms with Gasteiger partial charge in [-0.25, -0.2) is 0 Å². The molecule has 1 aliphatic rings. The van der Waals surface area contributed by atoms with Gasteiger partial charge in [0.15, 0.2) is 0 Å². The molecule has 21 heavy (non-hydrogen) atoms. The Labute approximate surface area is 132 Å². The zero-order valence-corrected chi connectivity index (χ0v) is 13.5. The highest BCUT2D eigenvalue weighted by Gasteiger charge is 2.14. The number of carbonyl (C=O) groups excluding carboxylic acids is 1. The van der Waals surface area contributed by atoms with E-state index in [2.05, 4.69) is 17.1 Å². The summed E-state index contributed by atoms with van der Waals surface area (Å²) in [6.45, 7) is 6.55. The molecule has 1 amide bonds. The van der Waals surface area contributed by atoms with Crippen LogP contribution in [-0.4, -0.2) is 37.0 Å². The number of hydrogen-bond donors (Lipinski definition) is 1. The first-order valence-corrected chi connectivity index (χ1v) is 8.38. The molecule has 0 aromatic heterocycles. The molecule has 1 aromatic carbocycles. The molecule has 1 saturated heterocycles. The molecule has 1 N–H and O–H groups in total. The minimum absolute atomic E-state index is 0.00314. The average Bonchev–Trinajstić information content (AvgIpc) is 2.53. The molecule has 2 rings (SSSR count). The van der Waals surface area contributed by atoms with Crippen molar-refractivity contribution in [3.63, 3.8) is 0 Å². The van der Waals surface area contributed by atoms with Crippen molar-refractivity contribution in [2.75, 3.05) is 26.2 Å². The number of halogens is 1. The first kappa shape index (κ1) is 16.3. The van der Waals surface area contributed by atoms with Crippen molar-refractivity contribution in [3.05, 3.63) is 35.4 Å². The summed E-state index contributed by atoms with van der Waals surface area (Å²) in [5.41, 5.74) is 1.74. The van der Waals surface area contributed by atoms with E-state index in [1.165, 1.54) is 25.9 Å². The van der Waals surface area contributed by atoms with Crippen LogP contribution in [0.25, 0.3) is 0 Å². The second-order valence-corrected chi connectivity index (χ2v) is 6.23. The van der Waals surface area contributed by atoms with Crippen molar-refractivity contribution in [1.82, 2.24) is 10.2 Å². The number of piperidine rings is 1. The third-order valence-electron chi connectivity index (χ3n) is 4.18. The number of carbonyl (C=O) groups is 1. The predicted molar refractivity (Wildman–Crippen MR) is 87.8 cm³/mol. The van der Waals surface area contributed by atoms with Crippen LogP contribution in [0, 0.1) is 5.92 Å². The molecular formula is C17H25ClN2O. The first-order chi connectivity index (χ1) is 10.2. The minimum atomic E-state index is 0.00314. The Kier molecular flexibility index (Phi) is 6.52. The molecule has 1 aromatic rings. The lowest BCUT2D eigenvalue weighted by molar-refractivity contribution is 0.0950. The molecule has 0 saturated carbocycles. The molecule has 3 nitrogen and oxygen atoms in total. The molecule has 1 heterocycles. The summed E-state index contributed by atoms with van der Waals surface area (Å²) in [5.74, 6) is 1.36. The summed E-state index contributed by atoms with van der Waals surface area (Å²) in [6.07, 6.45) is 3.62. The number of nitrogens with one attached hydrogen (secondary N) is 1. The van der Waals surface area contributed by atoms with Crippen LogP contribution in [0.1, 0.15) is 42.1 Å². The second-order valence-electron chi connectivity index (χ2n) is 5.96. The fourth-order valence-electron chi connectivity index (χ4n) is 2.64. The number of benzene rings is 1. The largest absolute Gasteiger partial charge is 0.352 e. The fourth-order valence-corrected chi connectivity index (χ4v) is 2.82. The Morgan fingerprint density at radius 3 is 2.57 bits per heavy atom. The highest BCUT2D eigenvalue weighted by molar-refractivity contribution is 6.17. The van der Waals surface area contributed by atoms with Crippen LogP contribution >= 0.6 is 11.6 Å². The summed E-state index contributed by atoms with van der Waals surface area (Å²) in [5, 5.41) is 2.99. The van der Waals surface area contributed by atoms with Gasteiger partial charge in [0.2, 0.25) is 0 Å². The Morgan fingerprint density at radius 2 is 1.95 bits per heavy atom. The molecule has 116 valence electrons. The molecule has 4 heteroatoms. The van der Waals surface area contributed by atoms with Crippen molar-refractivity contribution in [2.45, 2.75) is 32.1 Å². The van der Waals surface area contributed by atoms with Gasteiger partial charge < -0.3 is 10.2 Å². The van der Waals surface area contributed by atoms with E-state index >= 15 is 0 Å². The van der Waals surface area contributed by atoms with Gasteiger partial charge >= 0.3 is 0 Å². The van der Waals surface area contributed by atoms with Crippen LogP contribution in [0.2, 0.25) is 0 Å². The highest BCUT2D eigenvalue weighted by atomic mass is 35.5. The molecule has 0 bridgehead atoms. The SMILES string of the molecule is CC1CCN(CCCNC(=O)c2ccc(CCl)cc2)CC1. The third-order valence-corrected chi connectivity index (χ3v) is 4.49. The van der Waals surface area contributed by atoms with Crippen LogP contribution in [0.3, 0.4) is 0 Å². The Balaban J connectivity index is 1.64. The van der Waals surface area contributed by atoms with Gasteiger partial charge in [-0.1, -0.05) is 19.1 Å². The summed E-state index contributed by atoms with van der Waals surface area (Å²) >= 11 is 5.74. The van der Waals surface area contributed by atoms with Gasteiger partial charge in [0.1, 0.15) is 0 Å². The molecule has 0 aliphatic carbocycles. The van der Waals surface area contributed by atoms with Crippen molar-refractivity contribution >= 4 is 17.5 Å². The van der Waals surface area contributed by atoms with Gasteiger partial charge in [-0.05, 0) is 62.5 Å². The van der Waals surface area contributed by atoms with E-state index in [0.29, 0.717) is 11.4 Å². The molecule has 0 atom stereocenters. The zero-order valence-electron chi connectivity index (χ0n) is 12.8. The van der Waals surface area contributed by atoms with Gasteiger partial charge in [0.25, 0.3) is 5.91 Å². The van der Waals surface area contributed by atoms with E-state index in [4.69, 9.17) is 11.6 Å². The Bertz CT molecular complexity index is 439. The van der Waals surface area contributed by atoms with Gasteiger partial charge in [0, 0.05) is 18.0 Å². The van der Waals surface area contributed by atoms with E-state index in [1.807, 2.05) is 24.3 Å². The lowest BCUT2D eigenvalue weighted by Crippen LogP contribution is -2.35. The van der Waals surface area contributed by atoms with Gasteiger partial charge in [-0.2, -0.15) is 0 Å². The summed E-state index contributed by atoms with van der Waals surface area (Å²) in [7, 11) is 0. The van der Waals surface area contributed by atoms with Gasteiger partial charge in [-0.3, -0.25) is 4.79 Å². The maximum absolute atomic E-state index is 12.0. The van der Waals surface area contributed by atoms with E-state index < -0.39 is 0 Å². The van der Waals surface area contributed by atoms with Crippen LogP contribution in [0.15, 0.2) is 24.3 Å². The average molecular weight is 309 g/mol. The molecule has 0 radical (unpaired) electrons. The lowest BCUT2D eigenvalue weighted by Gasteiger charge is -2.30. The van der Waals surface area contributed by atoms with Crippen LogP contribution < -0.4 is 5.32 Å². The van der Waals surface area contributed by atoms with Crippen molar-refractivity contribution in [1.29, 1.82) is 0 Å². The van der Waals surface area contributed by atoms with E-state index in [1.54, 1.807) is 0 Å². The smallest absolute Gasteiger partial charge is 0.251 e. The monoisotopic (exact) mass is 308 g/mol. The zero-order chi connectivity index (χ0) is 15.1. The Morgan fingerprint density at radius 1 is 1.29 bits per heavy atom. The number of rotatable bonds is 6. The molecule has 0 unspecified atom stereocenters. The number of nitrogens with zero attached hydrogens (tertiary/aromatic N) is 1. The van der Waals surface area contributed by atoms with Crippen LogP contribution in [0.4, 0.5) is 0 Å². The van der Waals surface area contributed by atoms with Crippen molar-refractivity contribution in [3.8, 4) is 0 Å². The number of likely N-dealkylation sites (tertiary alicyclic amines) is 1. The molecular weight excluding hydrogens is 284 g/mol. The highest BCUT2D eigenvalue weighted by Crippen LogP contribution is 2.15. The van der Waals surface area contributed by atoms with Crippen LogP contribution in [-0.2, 0) is 5.88 Å². The van der Waals surface area contributed by atoms with E-state index in [9.17, 15) is 4.79 Å². The number of hydrogen-bond acceptors (Lipinski definition) is 2. The molecule has 1 aliphatic heterocycles. The van der Waals surface area contributed by atoms with Crippen LogP contribution in [0.5, 0.6) is 0 Å². The summed E-state index contributed by atoms with van der Waals surface area (Å²) in [4.78, 5) is 14.5. The van der Waals surface area contributed by atoms with E-state index in [-0.39, 0.29) is 5.91 Å². The third kappa shape index (κ3) is 5.33. The maximum Gasteiger partial charge on any atom is 0.251 e. The minimum Gasteiger partial charge on any atom is -0.352 e. The van der Waals surface area contributed by atoms with Gasteiger partial charge in [-0.15, -0.1) is 11.6 Å². The lowest BCUT2D eigenvalue weighted by atomic mass is 9.99. The molecule has 0 spiro atoms. The maximum atomic E-state index is 12.0. The quantitative estimate of drug-likeness (QED) is 0.646. The first-order valence-electron chi connectivity index (χ1n) is 7.84. The van der Waals surface area contributed by atoms with Crippen molar-refractivity contribution in [2.24, 2.45) is 5.92 Å². The van der Waals surface area contributed by atoms with E-state index in [0.717, 1.165) is 31.0 Å². The van der Waals surface area contributed by atoms with Crippen molar-refractivity contribution < 1.29 is 4.79 Å². The second kappa shape index (κ2) is 8.40. The topological polar surface area (TPSA) is 32.3 Å².